The van der Waals surface area contributed by atoms with Crippen LogP contribution in [0.3, 0.4) is 0 Å². The predicted molar refractivity (Wildman–Crippen MR) is 78.2 cm³/mol. The highest BCUT2D eigenvalue weighted by Gasteiger charge is 2.06. The first-order chi connectivity index (χ1) is 9.29. The number of aromatic nitrogens is 3. The minimum absolute atomic E-state index is 0.964. The number of fused-ring (bicyclic) bond motifs is 1. The number of aryl methyl sites for hydroxylation is 4. The zero-order valence-electron chi connectivity index (χ0n) is 11.5. The maximum Gasteiger partial charge on any atom is 0.110 e. The van der Waals surface area contributed by atoms with E-state index in [-0.39, 0.29) is 0 Å². The molecule has 0 bridgehead atoms. The number of hydrogen-bond acceptors (Lipinski definition) is 1. The molecule has 2 aromatic heterocycles. The maximum atomic E-state index is 4.39. The van der Waals surface area contributed by atoms with E-state index in [4.69, 9.17) is 0 Å². The second kappa shape index (κ2) is 4.92. The van der Waals surface area contributed by atoms with E-state index in [0.717, 1.165) is 25.2 Å². The second-order valence-electron chi connectivity index (χ2n) is 4.92. The van der Waals surface area contributed by atoms with Crippen LogP contribution in [0.4, 0.5) is 0 Å². The Morgan fingerprint density at radius 2 is 2.05 bits per heavy atom. The average molecular weight is 253 g/mol. The molecule has 2 heterocycles. The summed E-state index contributed by atoms with van der Waals surface area (Å²) in [5, 5.41) is 1.33. The lowest BCUT2D eigenvalue weighted by Crippen LogP contribution is -2.05. The fraction of sp³-hybridized carbons (Fsp3) is 0.312. The van der Waals surface area contributed by atoms with Gasteiger partial charge in [0, 0.05) is 38.6 Å². The normalized spacial score (nSPS) is 11.3. The fourth-order valence-electron chi connectivity index (χ4n) is 2.67. The Kier molecular flexibility index (Phi) is 3.11. The van der Waals surface area contributed by atoms with Crippen LogP contribution in [-0.2, 0) is 26.4 Å². The van der Waals surface area contributed by atoms with E-state index in [9.17, 15) is 0 Å². The summed E-state index contributed by atoms with van der Waals surface area (Å²) in [6, 6.07) is 8.75. The zero-order chi connectivity index (χ0) is 13.2. The van der Waals surface area contributed by atoms with Crippen molar-refractivity contribution >= 4 is 10.9 Å². The predicted octanol–water partition coefficient (Wildman–Crippen LogP) is 3.18. The van der Waals surface area contributed by atoms with Gasteiger partial charge in [0.05, 0.1) is 5.52 Å². The van der Waals surface area contributed by atoms with E-state index in [2.05, 4.69) is 51.5 Å². The number of imidazole rings is 1. The van der Waals surface area contributed by atoms with Crippen molar-refractivity contribution in [2.45, 2.75) is 26.3 Å². The van der Waals surface area contributed by atoms with Crippen molar-refractivity contribution in [2.24, 2.45) is 7.05 Å². The van der Waals surface area contributed by atoms with Crippen molar-refractivity contribution in [1.82, 2.24) is 14.1 Å². The Morgan fingerprint density at radius 1 is 1.16 bits per heavy atom. The van der Waals surface area contributed by atoms with Crippen molar-refractivity contribution in [1.29, 1.82) is 0 Å². The molecule has 0 saturated carbocycles. The van der Waals surface area contributed by atoms with Gasteiger partial charge in [-0.2, -0.15) is 0 Å². The van der Waals surface area contributed by atoms with Gasteiger partial charge in [-0.05, 0) is 23.4 Å². The van der Waals surface area contributed by atoms with Gasteiger partial charge in [-0.25, -0.2) is 4.98 Å². The lowest BCUT2D eigenvalue weighted by Gasteiger charge is -2.09. The van der Waals surface area contributed by atoms with Crippen LogP contribution in [0.2, 0.25) is 0 Å². The van der Waals surface area contributed by atoms with Crippen molar-refractivity contribution in [2.75, 3.05) is 0 Å². The molecule has 0 radical (unpaired) electrons. The standard InChI is InChI=1S/C16H19N3/c1-3-13-5-4-6-14-7-10-19(16(13)14)11-8-15-17-9-12-18(15)2/h4-7,9-10,12H,3,8,11H2,1-2H3. The molecule has 98 valence electrons. The Labute approximate surface area is 113 Å². The minimum Gasteiger partial charge on any atom is -0.347 e. The fourth-order valence-corrected chi connectivity index (χ4v) is 2.67. The Hall–Kier alpha value is -2.03. The maximum absolute atomic E-state index is 4.39. The van der Waals surface area contributed by atoms with Crippen molar-refractivity contribution in [3.05, 3.63) is 54.2 Å². The number of hydrogen-bond donors (Lipinski definition) is 0. The van der Waals surface area contributed by atoms with Gasteiger partial charge in [0.2, 0.25) is 0 Å². The molecule has 0 unspecified atom stereocenters. The molecule has 0 fully saturated rings. The van der Waals surface area contributed by atoms with Gasteiger partial charge in [-0.15, -0.1) is 0 Å². The quantitative estimate of drug-likeness (QED) is 0.700. The lowest BCUT2D eigenvalue weighted by molar-refractivity contribution is 0.666. The SMILES string of the molecule is CCc1cccc2ccn(CCc3nccn3C)c12. The third kappa shape index (κ3) is 2.16. The highest BCUT2D eigenvalue weighted by atomic mass is 15.0. The number of para-hydroxylation sites is 1. The molecule has 0 spiro atoms. The molecule has 19 heavy (non-hydrogen) atoms. The molecule has 0 amide bonds. The highest BCUT2D eigenvalue weighted by molar-refractivity contribution is 5.83. The van der Waals surface area contributed by atoms with Gasteiger partial charge >= 0.3 is 0 Å². The summed E-state index contributed by atoms with van der Waals surface area (Å²) in [6.07, 6.45) is 8.09. The third-order valence-electron chi connectivity index (χ3n) is 3.75. The van der Waals surface area contributed by atoms with Crippen molar-refractivity contribution in [3.8, 4) is 0 Å². The van der Waals surface area contributed by atoms with Gasteiger partial charge in [0.15, 0.2) is 0 Å². The van der Waals surface area contributed by atoms with E-state index in [1.54, 1.807) is 0 Å². The number of benzene rings is 1. The molecule has 0 aliphatic heterocycles. The second-order valence-corrected chi connectivity index (χ2v) is 4.92. The van der Waals surface area contributed by atoms with E-state index < -0.39 is 0 Å². The summed E-state index contributed by atoms with van der Waals surface area (Å²) in [4.78, 5) is 4.39. The smallest absolute Gasteiger partial charge is 0.110 e. The van der Waals surface area contributed by atoms with Gasteiger partial charge < -0.3 is 9.13 Å². The first-order valence-corrected chi connectivity index (χ1v) is 6.82. The summed E-state index contributed by atoms with van der Waals surface area (Å²) in [6.45, 7) is 3.19. The van der Waals surface area contributed by atoms with Crippen LogP contribution in [0, 0.1) is 0 Å². The van der Waals surface area contributed by atoms with Gasteiger partial charge in [0.1, 0.15) is 5.82 Å². The summed E-state index contributed by atoms with van der Waals surface area (Å²) in [5.74, 6) is 1.14. The summed E-state index contributed by atoms with van der Waals surface area (Å²) < 4.78 is 4.44. The van der Waals surface area contributed by atoms with Crippen LogP contribution in [0.5, 0.6) is 0 Å². The van der Waals surface area contributed by atoms with Gasteiger partial charge in [-0.3, -0.25) is 0 Å². The molecule has 1 aromatic carbocycles. The van der Waals surface area contributed by atoms with Crippen LogP contribution in [-0.4, -0.2) is 14.1 Å². The average Bonchev–Trinajstić information content (AvgIpc) is 3.02. The third-order valence-corrected chi connectivity index (χ3v) is 3.75. The molecule has 3 rings (SSSR count). The molecule has 0 saturated heterocycles. The number of rotatable bonds is 4. The summed E-state index contributed by atoms with van der Waals surface area (Å²) in [5.41, 5.74) is 2.79. The van der Waals surface area contributed by atoms with Crippen LogP contribution in [0.25, 0.3) is 10.9 Å². The zero-order valence-corrected chi connectivity index (χ0v) is 11.5. The van der Waals surface area contributed by atoms with Gasteiger partial charge in [-0.1, -0.05) is 25.1 Å². The Morgan fingerprint density at radius 3 is 2.79 bits per heavy atom. The molecule has 3 nitrogen and oxygen atoms in total. The van der Waals surface area contributed by atoms with Gasteiger partial charge in [0.25, 0.3) is 0 Å². The Bertz CT molecular complexity index is 691. The summed E-state index contributed by atoms with van der Waals surface area (Å²) >= 11 is 0. The molecule has 0 atom stereocenters. The largest absolute Gasteiger partial charge is 0.347 e. The summed E-state index contributed by atoms with van der Waals surface area (Å²) in [7, 11) is 2.05. The number of nitrogens with zero attached hydrogens (tertiary/aromatic N) is 3. The lowest BCUT2D eigenvalue weighted by atomic mass is 10.1. The molecule has 0 aliphatic rings. The monoisotopic (exact) mass is 253 g/mol. The first kappa shape index (κ1) is 12.0. The molecule has 3 heteroatoms. The van der Waals surface area contributed by atoms with Crippen molar-refractivity contribution in [3.63, 3.8) is 0 Å². The van der Waals surface area contributed by atoms with Crippen LogP contribution in [0.1, 0.15) is 18.3 Å². The minimum atomic E-state index is 0.964. The highest BCUT2D eigenvalue weighted by Crippen LogP contribution is 2.21. The van der Waals surface area contributed by atoms with Crippen molar-refractivity contribution < 1.29 is 0 Å². The van der Waals surface area contributed by atoms with E-state index >= 15 is 0 Å². The topological polar surface area (TPSA) is 22.8 Å². The Balaban J connectivity index is 1.91. The van der Waals surface area contributed by atoms with E-state index in [0.29, 0.717) is 0 Å². The van der Waals surface area contributed by atoms with Crippen LogP contribution < -0.4 is 0 Å². The molecular weight excluding hydrogens is 234 g/mol. The first-order valence-electron chi connectivity index (χ1n) is 6.82. The van der Waals surface area contributed by atoms with Crippen LogP contribution >= 0.6 is 0 Å². The van der Waals surface area contributed by atoms with Crippen LogP contribution in [0.15, 0.2) is 42.9 Å². The molecule has 3 aromatic rings. The van der Waals surface area contributed by atoms with E-state index in [1.165, 1.54) is 16.5 Å². The molecule has 0 N–H and O–H groups in total. The molecular formula is C16H19N3. The molecule has 0 aliphatic carbocycles. The van der Waals surface area contributed by atoms with E-state index in [1.807, 2.05) is 19.4 Å².